The molecule has 0 unspecified atom stereocenters. The second kappa shape index (κ2) is 6.34. The summed E-state index contributed by atoms with van der Waals surface area (Å²) >= 11 is 0. The molecule has 0 N–H and O–H groups in total. The number of allylic oxidation sites excluding steroid dienone is 1. The van der Waals surface area contributed by atoms with Crippen LogP contribution in [0.15, 0.2) is 77.3 Å². The second-order valence-corrected chi connectivity index (χ2v) is 7.07. The van der Waals surface area contributed by atoms with Gasteiger partial charge < -0.3 is 4.74 Å². The first kappa shape index (κ1) is 17.3. The SMILES string of the molecule is Cc1c(/C=C2\Oc3ccc4ccccc4c3C2=O)c(=O)n(-c2ccccc2)n1C. The average molecular weight is 382 g/mol. The molecule has 0 spiro atoms. The summed E-state index contributed by atoms with van der Waals surface area (Å²) in [7, 11) is 1.82. The van der Waals surface area contributed by atoms with Gasteiger partial charge in [-0.2, -0.15) is 0 Å². The number of carbonyl (C=O) groups excluding carboxylic acids is 1. The molecule has 1 aliphatic rings. The molecule has 5 nitrogen and oxygen atoms in total. The number of fused-ring (bicyclic) bond motifs is 3. The number of ether oxygens (including phenoxy) is 1. The van der Waals surface area contributed by atoms with Crippen molar-refractivity contribution in [2.24, 2.45) is 7.05 Å². The fourth-order valence-corrected chi connectivity index (χ4v) is 3.84. The second-order valence-electron chi connectivity index (χ2n) is 7.07. The van der Waals surface area contributed by atoms with E-state index in [9.17, 15) is 9.59 Å². The molecule has 0 saturated carbocycles. The number of Topliss-reactive ketones (excluding diaryl/α,β-unsaturated/α-hetero) is 1. The van der Waals surface area contributed by atoms with Gasteiger partial charge in [0.25, 0.3) is 5.56 Å². The number of benzene rings is 3. The van der Waals surface area contributed by atoms with Gasteiger partial charge in [-0.05, 0) is 42.0 Å². The smallest absolute Gasteiger partial charge is 0.279 e. The molecule has 29 heavy (non-hydrogen) atoms. The molecule has 0 fully saturated rings. The van der Waals surface area contributed by atoms with Crippen LogP contribution in [0.1, 0.15) is 21.6 Å². The Labute approximate surface area is 167 Å². The number of hydrogen-bond donors (Lipinski definition) is 0. The first-order valence-electron chi connectivity index (χ1n) is 9.36. The fourth-order valence-electron chi connectivity index (χ4n) is 3.84. The van der Waals surface area contributed by atoms with Crippen molar-refractivity contribution in [2.45, 2.75) is 6.92 Å². The maximum atomic E-state index is 13.1. The van der Waals surface area contributed by atoms with Gasteiger partial charge in [0.1, 0.15) is 5.75 Å². The molecule has 0 atom stereocenters. The fraction of sp³-hybridized carbons (Fsp3) is 0.0833. The van der Waals surface area contributed by atoms with E-state index in [0.717, 1.165) is 22.2 Å². The maximum absolute atomic E-state index is 13.1. The van der Waals surface area contributed by atoms with E-state index in [0.29, 0.717) is 16.9 Å². The summed E-state index contributed by atoms with van der Waals surface area (Å²) in [6.07, 6.45) is 1.56. The van der Waals surface area contributed by atoms with Crippen LogP contribution in [0.3, 0.4) is 0 Å². The lowest BCUT2D eigenvalue weighted by Gasteiger charge is -2.07. The summed E-state index contributed by atoms with van der Waals surface area (Å²) in [5.74, 6) is 0.491. The van der Waals surface area contributed by atoms with Crippen LogP contribution in [0.5, 0.6) is 5.75 Å². The molecule has 1 aliphatic heterocycles. The Morgan fingerprint density at radius 1 is 0.897 bits per heavy atom. The van der Waals surface area contributed by atoms with Gasteiger partial charge in [0.2, 0.25) is 5.78 Å². The van der Waals surface area contributed by atoms with E-state index in [1.807, 2.05) is 74.6 Å². The molecule has 142 valence electrons. The Morgan fingerprint density at radius 3 is 2.41 bits per heavy atom. The van der Waals surface area contributed by atoms with Crippen LogP contribution in [0.4, 0.5) is 0 Å². The normalized spacial score (nSPS) is 14.4. The predicted octanol–water partition coefficient (Wildman–Crippen LogP) is 4.25. The molecule has 0 bridgehead atoms. The molecule has 0 radical (unpaired) electrons. The minimum absolute atomic E-state index is 0.169. The third-order valence-corrected chi connectivity index (χ3v) is 5.44. The molecular weight excluding hydrogens is 364 g/mol. The van der Waals surface area contributed by atoms with E-state index in [-0.39, 0.29) is 17.1 Å². The highest BCUT2D eigenvalue weighted by molar-refractivity contribution is 6.21. The first-order valence-corrected chi connectivity index (χ1v) is 9.36. The number of ketones is 1. The van der Waals surface area contributed by atoms with Gasteiger partial charge in [0.05, 0.1) is 16.8 Å². The minimum Gasteiger partial charge on any atom is -0.452 e. The summed E-state index contributed by atoms with van der Waals surface area (Å²) in [6, 6.07) is 20.9. The topological polar surface area (TPSA) is 53.2 Å². The van der Waals surface area contributed by atoms with Gasteiger partial charge in [0, 0.05) is 12.7 Å². The van der Waals surface area contributed by atoms with Crippen molar-refractivity contribution < 1.29 is 9.53 Å². The van der Waals surface area contributed by atoms with Crippen LogP contribution in [0.25, 0.3) is 22.5 Å². The molecule has 0 aliphatic carbocycles. The Hall–Kier alpha value is -3.86. The zero-order valence-electron chi connectivity index (χ0n) is 16.0. The van der Waals surface area contributed by atoms with Gasteiger partial charge in [0.15, 0.2) is 5.76 Å². The molecule has 2 heterocycles. The summed E-state index contributed by atoms with van der Waals surface area (Å²) in [6.45, 7) is 1.86. The third kappa shape index (κ3) is 2.55. The van der Waals surface area contributed by atoms with Gasteiger partial charge in [-0.15, -0.1) is 0 Å². The molecule has 0 saturated heterocycles. The van der Waals surface area contributed by atoms with Gasteiger partial charge in [-0.1, -0.05) is 48.5 Å². The maximum Gasteiger partial charge on any atom is 0.279 e. The third-order valence-electron chi connectivity index (χ3n) is 5.44. The molecule has 1 aromatic heterocycles. The largest absolute Gasteiger partial charge is 0.452 e. The van der Waals surface area contributed by atoms with E-state index in [1.165, 1.54) is 0 Å². The summed E-state index contributed by atoms with van der Waals surface area (Å²) in [5.41, 5.74) is 2.31. The van der Waals surface area contributed by atoms with Crippen molar-refractivity contribution in [2.75, 3.05) is 0 Å². The van der Waals surface area contributed by atoms with E-state index in [1.54, 1.807) is 21.5 Å². The van der Waals surface area contributed by atoms with Crippen LogP contribution < -0.4 is 10.3 Å². The number of rotatable bonds is 2. The summed E-state index contributed by atoms with van der Waals surface area (Å²) in [4.78, 5) is 26.2. The van der Waals surface area contributed by atoms with Crippen LogP contribution >= 0.6 is 0 Å². The number of aromatic nitrogens is 2. The number of hydrogen-bond acceptors (Lipinski definition) is 3. The highest BCUT2D eigenvalue weighted by atomic mass is 16.5. The van der Waals surface area contributed by atoms with Crippen molar-refractivity contribution in [3.05, 3.63) is 99.7 Å². The summed E-state index contributed by atoms with van der Waals surface area (Å²) < 4.78 is 9.22. The van der Waals surface area contributed by atoms with Crippen LogP contribution in [0.2, 0.25) is 0 Å². The van der Waals surface area contributed by atoms with E-state index in [4.69, 9.17) is 4.74 Å². The zero-order valence-corrected chi connectivity index (χ0v) is 16.0. The predicted molar refractivity (Wildman–Crippen MR) is 113 cm³/mol. The molecule has 4 aromatic rings. The number of nitrogens with zero attached hydrogens (tertiary/aromatic N) is 2. The average Bonchev–Trinajstić information content (AvgIpc) is 3.18. The zero-order chi connectivity index (χ0) is 20.1. The molecule has 5 heteroatoms. The Balaban J connectivity index is 1.65. The minimum atomic E-state index is -0.203. The van der Waals surface area contributed by atoms with E-state index >= 15 is 0 Å². The van der Waals surface area contributed by atoms with Crippen molar-refractivity contribution in [3.63, 3.8) is 0 Å². The Morgan fingerprint density at radius 2 is 1.62 bits per heavy atom. The van der Waals surface area contributed by atoms with Gasteiger partial charge >= 0.3 is 0 Å². The first-order chi connectivity index (χ1) is 14.1. The van der Waals surface area contributed by atoms with E-state index in [2.05, 4.69) is 0 Å². The molecular formula is C24H18N2O3. The standard InChI is InChI=1S/C24H18N2O3/c1-15-19(24(28)26(25(15)2)17-9-4-3-5-10-17)14-21-23(27)22-18-11-7-6-8-16(18)12-13-20(22)29-21/h3-14H,1-2H3/b21-14-. The van der Waals surface area contributed by atoms with E-state index < -0.39 is 0 Å². The molecule has 5 rings (SSSR count). The number of para-hydroxylation sites is 1. The lowest BCUT2D eigenvalue weighted by atomic mass is 10.0. The Kier molecular flexibility index (Phi) is 3.77. The van der Waals surface area contributed by atoms with Crippen molar-refractivity contribution in [3.8, 4) is 11.4 Å². The molecule has 0 amide bonds. The lowest BCUT2D eigenvalue weighted by molar-refractivity contribution is 0.101. The quantitative estimate of drug-likeness (QED) is 0.487. The monoisotopic (exact) mass is 382 g/mol. The van der Waals surface area contributed by atoms with Crippen molar-refractivity contribution in [1.29, 1.82) is 0 Å². The van der Waals surface area contributed by atoms with Gasteiger partial charge in [-0.25, -0.2) is 4.68 Å². The highest BCUT2D eigenvalue weighted by Gasteiger charge is 2.30. The highest BCUT2D eigenvalue weighted by Crippen LogP contribution is 2.37. The van der Waals surface area contributed by atoms with Crippen LogP contribution in [0, 0.1) is 6.92 Å². The van der Waals surface area contributed by atoms with Crippen LogP contribution in [-0.2, 0) is 7.05 Å². The molecule has 3 aromatic carbocycles. The van der Waals surface area contributed by atoms with Crippen molar-refractivity contribution in [1.82, 2.24) is 9.36 Å². The lowest BCUT2D eigenvalue weighted by Crippen LogP contribution is -2.20. The van der Waals surface area contributed by atoms with Gasteiger partial charge in [-0.3, -0.25) is 14.3 Å². The summed E-state index contributed by atoms with van der Waals surface area (Å²) in [5, 5.41) is 1.83. The van der Waals surface area contributed by atoms with Crippen LogP contribution in [-0.4, -0.2) is 15.1 Å². The van der Waals surface area contributed by atoms with Crippen molar-refractivity contribution >= 4 is 22.6 Å². The Bertz CT molecular complexity index is 1370. The number of carbonyl (C=O) groups is 1.